The van der Waals surface area contributed by atoms with Gasteiger partial charge in [-0.2, -0.15) is 15.3 Å². The van der Waals surface area contributed by atoms with Crippen molar-refractivity contribution in [3.8, 4) is 11.6 Å². The minimum atomic E-state index is -1.09. The summed E-state index contributed by atoms with van der Waals surface area (Å²) in [6.07, 6.45) is 15.7. The predicted molar refractivity (Wildman–Crippen MR) is 195 cm³/mol. The van der Waals surface area contributed by atoms with Crippen molar-refractivity contribution in [2.75, 3.05) is 27.4 Å². The minimum absolute atomic E-state index is 0. The van der Waals surface area contributed by atoms with Gasteiger partial charge in [-0.05, 0) is 51.8 Å². The number of aromatic amines is 1. The van der Waals surface area contributed by atoms with Gasteiger partial charge in [-0.15, -0.1) is 0 Å². The van der Waals surface area contributed by atoms with Crippen molar-refractivity contribution in [3.05, 3.63) is 113 Å². The molecule has 0 unspecified atom stereocenters. The standard InChI is InChI=1S/C10H10N4O2.C9H8N4O2.C6H5ClN2O2.C4H6N2.C4H8O.CH4/c1-7-3-4-14(13-7)9-6-11-8(5-12-9)10(15)16-2;1-6-2-3-13(12-6)8-5-10-7(4-11-8)9(14)15;1-11-6(10)4-2-9-5(7)3-8-4;1-4-2-3-5-6-4;1-2-4-5-3-1;/h3-6H,1-2H3;2-5H,1H3,(H,14,15);2-3H,1H3;2-3H,1H3,(H,5,6);1-4H2;1H4. The third-order valence-corrected chi connectivity index (χ3v) is 6.48. The van der Waals surface area contributed by atoms with E-state index in [1.807, 2.05) is 39.0 Å². The molecule has 7 rings (SSSR count). The van der Waals surface area contributed by atoms with Crippen LogP contribution in [-0.4, -0.2) is 110 Å². The van der Waals surface area contributed by atoms with Gasteiger partial charge in [-0.25, -0.2) is 53.7 Å². The molecule has 0 aromatic carbocycles. The largest absolute Gasteiger partial charge is 0.476 e. The molecule has 1 fully saturated rings. The highest BCUT2D eigenvalue weighted by atomic mass is 35.5. The molecule has 6 aromatic rings. The lowest BCUT2D eigenvalue weighted by atomic mass is 10.4. The number of esters is 2. The summed E-state index contributed by atoms with van der Waals surface area (Å²) in [6.45, 7) is 7.70. The van der Waals surface area contributed by atoms with E-state index in [9.17, 15) is 14.4 Å². The van der Waals surface area contributed by atoms with Crippen molar-refractivity contribution in [2.24, 2.45) is 0 Å². The molecule has 0 radical (unpaired) electrons. The first-order chi connectivity index (χ1) is 25.5. The Kier molecular flexibility index (Phi) is 18.7. The minimum Gasteiger partial charge on any atom is -0.476 e. The van der Waals surface area contributed by atoms with Crippen molar-refractivity contribution in [1.29, 1.82) is 0 Å². The number of nitrogens with one attached hydrogen (secondary N) is 1. The number of hydrogen-bond donors (Lipinski definition) is 2. The van der Waals surface area contributed by atoms with Crippen LogP contribution in [0.3, 0.4) is 0 Å². The molecule has 1 aliphatic heterocycles. The molecule has 0 saturated carbocycles. The van der Waals surface area contributed by atoms with Crippen LogP contribution in [0, 0.1) is 20.8 Å². The number of ether oxygens (including phenoxy) is 3. The summed E-state index contributed by atoms with van der Waals surface area (Å²) >= 11 is 5.43. The maximum absolute atomic E-state index is 11.1. The number of H-pyrrole nitrogens is 1. The summed E-state index contributed by atoms with van der Waals surface area (Å²) in [6, 6.07) is 5.60. The molecule has 0 amide bonds. The van der Waals surface area contributed by atoms with Gasteiger partial charge in [0.15, 0.2) is 28.7 Å². The summed E-state index contributed by atoms with van der Waals surface area (Å²) in [7, 11) is 2.58. The van der Waals surface area contributed by atoms with E-state index in [0.717, 1.165) is 30.3 Å². The number of nitrogens with zero attached hydrogens (tertiary/aromatic N) is 11. The Balaban J connectivity index is 0.000000246. The Labute approximate surface area is 315 Å². The van der Waals surface area contributed by atoms with Gasteiger partial charge in [0, 0.05) is 37.5 Å². The molecule has 7 heterocycles. The van der Waals surface area contributed by atoms with Crippen molar-refractivity contribution in [2.45, 2.75) is 41.0 Å². The number of carbonyl (C=O) groups is 3. The highest BCUT2D eigenvalue weighted by Crippen LogP contribution is 2.05. The quantitative estimate of drug-likeness (QED) is 0.230. The van der Waals surface area contributed by atoms with Gasteiger partial charge in [-0.3, -0.25) is 5.10 Å². The normalized spacial score (nSPS) is 10.9. The maximum atomic E-state index is 11.1. The number of hydrogen-bond acceptors (Lipinski definition) is 15. The van der Waals surface area contributed by atoms with Gasteiger partial charge in [0.05, 0.1) is 62.8 Å². The number of aromatic carboxylic acids is 1. The van der Waals surface area contributed by atoms with E-state index in [1.165, 1.54) is 68.9 Å². The molecular weight excluding hydrogens is 724 g/mol. The molecule has 0 bridgehead atoms. The number of carboxylic acid groups (broad SMARTS) is 1. The zero-order valence-corrected chi connectivity index (χ0v) is 30.2. The Bertz CT molecular complexity index is 1970. The molecule has 1 aliphatic rings. The molecule has 6 aromatic heterocycles. The molecule has 0 spiro atoms. The number of halogens is 1. The molecule has 286 valence electrons. The van der Waals surface area contributed by atoms with Crippen molar-refractivity contribution in [1.82, 2.24) is 59.7 Å². The van der Waals surface area contributed by atoms with Crippen LogP contribution in [0.2, 0.25) is 5.15 Å². The summed E-state index contributed by atoms with van der Waals surface area (Å²) in [4.78, 5) is 55.4. The lowest BCUT2D eigenvalue weighted by molar-refractivity contribution is 0.0584. The molecule has 1 saturated heterocycles. The highest BCUT2D eigenvalue weighted by molar-refractivity contribution is 6.29. The molecular formula is C34H41ClN12O7. The third-order valence-electron chi connectivity index (χ3n) is 6.29. The average Bonchev–Trinajstić information content (AvgIpc) is 4.03. The van der Waals surface area contributed by atoms with Crippen molar-refractivity contribution in [3.63, 3.8) is 0 Å². The molecule has 54 heavy (non-hydrogen) atoms. The smallest absolute Gasteiger partial charge is 0.358 e. The van der Waals surface area contributed by atoms with Gasteiger partial charge in [-0.1, -0.05) is 19.0 Å². The number of carbonyl (C=O) groups excluding carboxylic acids is 2. The first kappa shape index (κ1) is 43.7. The number of methoxy groups -OCH3 is 2. The molecule has 2 N–H and O–H groups in total. The van der Waals surface area contributed by atoms with E-state index in [1.54, 1.807) is 23.3 Å². The lowest BCUT2D eigenvalue weighted by Gasteiger charge is -2.00. The Morgan fingerprint density at radius 3 is 1.48 bits per heavy atom. The summed E-state index contributed by atoms with van der Waals surface area (Å²) in [5.41, 5.74) is 3.10. The van der Waals surface area contributed by atoms with E-state index < -0.39 is 17.9 Å². The second-order valence-electron chi connectivity index (χ2n) is 10.4. The van der Waals surface area contributed by atoms with Gasteiger partial charge >= 0.3 is 17.9 Å². The molecule has 19 nitrogen and oxygen atoms in total. The number of rotatable bonds is 5. The fourth-order valence-electron chi connectivity index (χ4n) is 3.64. The van der Waals surface area contributed by atoms with Crippen molar-refractivity contribution < 1.29 is 33.7 Å². The third kappa shape index (κ3) is 15.0. The second kappa shape index (κ2) is 23.2. The first-order valence-corrected chi connectivity index (χ1v) is 16.0. The van der Waals surface area contributed by atoms with Crippen LogP contribution in [0.15, 0.2) is 74.0 Å². The summed E-state index contributed by atoms with van der Waals surface area (Å²) in [5.74, 6) is -1.07. The Hall–Kier alpha value is -6.47. The van der Waals surface area contributed by atoms with Crippen LogP contribution >= 0.6 is 11.6 Å². The van der Waals surface area contributed by atoms with Crippen molar-refractivity contribution >= 4 is 29.5 Å². The topological polar surface area (TPSA) is 241 Å². The Morgan fingerprint density at radius 1 is 0.722 bits per heavy atom. The Morgan fingerprint density at radius 2 is 1.20 bits per heavy atom. The highest BCUT2D eigenvalue weighted by Gasteiger charge is 2.09. The fraction of sp³-hybridized carbons (Fsp3) is 0.294. The van der Waals surface area contributed by atoms with E-state index in [0.29, 0.717) is 11.6 Å². The SMILES string of the molecule is C.C1CCOC1.COC(=O)c1cnc(-n2ccc(C)n2)cn1.COC(=O)c1cnc(Cl)cn1.Cc1ccn(-c2cnc(C(=O)O)cn2)n1.Cc1ccn[nH]1. The molecule has 0 aliphatic carbocycles. The first-order valence-electron chi connectivity index (χ1n) is 15.6. The molecule has 20 heteroatoms. The zero-order valence-electron chi connectivity index (χ0n) is 29.5. The van der Waals surface area contributed by atoms with E-state index in [4.69, 9.17) is 21.4 Å². The predicted octanol–water partition coefficient (Wildman–Crippen LogP) is 4.49. The summed E-state index contributed by atoms with van der Waals surface area (Å²) in [5, 5.41) is 23.6. The van der Waals surface area contributed by atoms with E-state index in [2.05, 4.69) is 59.8 Å². The second-order valence-corrected chi connectivity index (χ2v) is 10.8. The zero-order chi connectivity index (χ0) is 38.6. The van der Waals surface area contributed by atoms with Crippen LogP contribution in [0.25, 0.3) is 11.6 Å². The van der Waals surface area contributed by atoms with Crippen LogP contribution in [-0.2, 0) is 14.2 Å². The number of aryl methyl sites for hydroxylation is 3. The van der Waals surface area contributed by atoms with Crippen LogP contribution in [0.4, 0.5) is 0 Å². The van der Waals surface area contributed by atoms with Gasteiger partial charge in [0.1, 0.15) is 5.15 Å². The van der Waals surface area contributed by atoms with Gasteiger partial charge in [0.2, 0.25) is 0 Å². The monoisotopic (exact) mass is 764 g/mol. The van der Waals surface area contributed by atoms with E-state index in [-0.39, 0.29) is 29.7 Å². The van der Waals surface area contributed by atoms with Gasteiger partial charge < -0.3 is 19.3 Å². The van der Waals surface area contributed by atoms with Crippen LogP contribution in [0.1, 0.15) is 68.8 Å². The fourth-order valence-corrected chi connectivity index (χ4v) is 3.74. The number of aromatic nitrogens is 12. The molecule has 0 atom stereocenters. The maximum Gasteiger partial charge on any atom is 0.358 e. The van der Waals surface area contributed by atoms with Crippen LogP contribution < -0.4 is 0 Å². The lowest BCUT2D eigenvalue weighted by Crippen LogP contribution is -2.07. The summed E-state index contributed by atoms with van der Waals surface area (Å²) < 4.78 is 17.0. The van der Waals surface area contributed by atoms with Gasteiger partial charge in [0.25, 0.3) is 0 Å². The van der Waals surface area contributed by atoms with Crippen LogP contribution in [0.5, 0.6) is 0 Å². The average molecular weight is 765 g/mol. The number of carboxylic acids is 1. The van der Waals surface area contributed by atoms with E-state index >= 15 is 0 Å².